The van der Waals surface area contributed by atoms with E-state index in [0.717, 1.165) is 23.7 Å². The van der Waals surface area contributed by atoms with E-state index in [2.05, 4.69) is 20.8 Å². The second-order valence-corrected chi connectivity index (χ2v) is 5.80. The molecule has 1 aromatic rings. The van der Waals surface area contributed by atoms with Gasteiger partial charge in [0.2, 0.25) is 0 Å². The highest BCUT2D eigenvalue weighted by molar-refractivity contribution is 8.21. The van der Waals surface area contributed by atoms with Gasteiger partial charge in [0, 0.05) is 4.90 Å². The maximum Gasteiger partial charge on any atom is 0.119 e. The highest BCUT2D eigenvalue weighted by Crippen LogP contribution is 2.25. The smallest absolute Gasteiger partial charge is 0.119 e. The van der Waals surface area contributed by atoms with Crippen LogP contribution < -0.4 is 4.74 Å². The van der Waals surface area contributed by atoms with Gasteiger partial charge in [-0.1, -0.05) is 20.8 Å². The van der Waals surface area contributed by atoms with Crippen molar-refractivity contribution in [3.63, 3.8) is 0 Å². The SMILES string of the molecule is CC(C)(C)CCOc1ccc(SCl)cc1. The first-order valence-corrected chi connectivity index (χ1v) is 6.67. The van der Waals surface area contributed by atoms with E-state index in [1.807, 2.05) is 24.3 Å². The Morgan fingerprint density at radius 2 is 1.80 bits per heavy atom. The monoisotopic (exact) mass is 244 g/mol. The molecular formula is C12H17ClOS. The van der Waals surface area contributed by atoms with E-state index in [1.54, 1.807) is 0 Å². The second kappa shape index (κ2) is 5.66. The Kier molecular flexibility index (Phi) is 4.81. The van der Waals surface area contributed by atoms with Crippen LogP contribution in [0, 0.1) is 5.41 Å². The summed E-state index contributed by atoms with van der Waals surface area (Å²) in [4.78, 5) is 1.04. The van der Waals surface area contributed by atoms with Crippen LogP contribution in [0.3, 0.4) is 0 Å². The fourth-order valence-electron chi connectivity index (χ4n) is 1.06. The highest BCUT2D eigenvalue weighted by Gasteiger charge is 2.09. The zero-order chi connectivity index (χ0) is 11.3. The summed E-state index contributed by atoms with van der Waals surface area (Å²) in [5.74, 6) is 0.911. The van der Waals surface area contributed by atoms with Gasteiger partial charge in [-0.2, -0.15) is 0 Å². The van der Waals surface area contributed by atoms with Crippen LogP contribution >= 0.6 is 21.7 Å². The summed E-state index contributed by atoms with van der Waals surface area (Å²) in [5, 5.41) is 0. The molecule has 1 nitrogen and oxygen atoms in total. The molecule has 0 aliphatic carbocycles. The molecule has 0 heterocycles. The minimum absolute atomic E-state index is 0.325. The number of hydrogen-bond donors (Lipinski definition) is 0. The van der Waals surface area contributed by atoms with Crippen molar-refractivity contribution in [3.05, 3.63) is 24.3 Å². The molecule has 0 unspecified atom stereocenters. The molecule has 0 amide bonds. The van der Waals surface area contributed by atoms with Crippen LogP contribution in [0.2, 0.25) is 0 Å². The molecule has 3 heteroatoms. The molecule has 1 aromatic carbocycles. The third-order valence-electron chi connectivity index (χ3n) is 2.03. The molecule has 0 aliphatic rings. The van der Waals surface area contributed by atoms with Gasteiger partial charge < -0.3 is 4.74 Å². The normalized spacial score (nSPS) is 11.5. The van der Waals surface area contributed by atoms with Crippen LogP contribution in [-0.2, 0) is 0 Å². The predicted octanol–water partition coefficient (Wildman–Crippen LogP) is 4.75. The second-order valence-electron chi connectivity index (χ2n) is 4.71. The lowest BCUT2D eigenvalue weighted by Crippen LogP contribution is -2.10. The maximum absolute atomic E-state index is 5.63. The molecule has 84 valence electrons. The number of hydrogen-bond acceptors (Lipinski definition) is 2. The molecule has 0 aliphatic heterocycles. The van der Waals surface area contributed by atoms with Gasteiger partial charge in [-0.3, -0.25) is 0 Å². The minimum Gasteiger partial charge on any atom is -0.494 e. The number of benzene rings is 1. The molecule has 0 atom stereocenters. The van der Waals surface area contributed by atoms with Crippen LogP contribution in [0.5, 0.6) is 5.75 Å². The lowest BCUT2D eigenvalue weighted by Gasteiger charge is -2.18. The first-order valence-electron chi connectivity index (χ1n) is 5.03. The Labute approximate surface area is 101 Å². The van der Waals surface area contributed by atoms with Crippen LogP contribution in [0.1, 0.15) is 27.2 Å². The van der Waals surface area contributed by atoms with Crippen LogP contribution in [0.15, 0.2) is 29.2 Å². The molecule has 0 radical (unpaired) electrons. The van der Waals surface area contributed by atoms with Crippen molar-refractivity contribution in [2.24, 2.45) is 5.41 Å². The quantitative estimate of drug-likeness (QED) is 0.756. The minimum atomic E-state index is 0.325. The van der Waals surface area contributed by atoms with Gasteiger partial charge in [-0.05, 0) is 57.8 Å². The van der Waals surface area contributed by atoms with E-state index in [0.29, 0.717) is 5.41 Å². The summed E-state index contributed by atoms with van der Waals surface area (Å²) >= 11 is 0. The Balaban J connectivity index is 2.38. The molecule has 0 fully saturated rings. The zero-order valence-corrected chi connectivity index (χ0v) is 11.0. The molecule has 0 saturated carbocycles. The van der Waals surface area contributed by atoms with Crippen molar-refractivity contribution in [1.82, 2.24) is 0 Å². The van der Waals surface area contributed by atoms with Crippen LogP contribution in [-0.4, -0.2) is 6.61 Å². The fourth-order valence-corrected chi connectivity index (χ4v) is 1.61. The van der Waals surface area contributed by atoms with Crippen molar-refractivity contribution in [3.8, 4) is 5.75 Å². The first-order chi connectivity index (χ1) is 7.01. The molecule has 0 bridgehead atoms. The predicted molar refractivity (Wildman–Crippen MR) is 67.7 cm³/mol. The van der Waals surface area contributed by atoms with E-state index in [9.17, 15) is 0 Å². The highest BCUT2D eigenvalue weighted by atomic mass is 35.7. The first kappa shape index (κ1) is 12.7. The van der Waals surface area contributed by atoms with Gasteiger partial charge in [0.1, 0.15) is 5.75 Å². The van der Waals surface area contributed by atoms with E-state index >= 15 is 0 Å². The molecule has 0 aromatic heterocycles. The molecule has 0 spiro atoms. The Bertz CT molecular complexity index is 289. The van der Waals surface area contributed by atoms with Crippen molar-refractivity contribution in [2.75, 3.05) is 6.61 Å². The van der Waals surface area contributed by atoms with Gasteiger partial charge >= 0.3 is 0 Å². The molecular weight excluding hydrogens is 228 g/mol. The number of halogens is 1. The summed E-state index contributed by atoms with van der Waals surface area (Å²) in [6.07, 6.45) is 1.05. The van der Waals surface area contributed by atoms with E-state index in [1.165, 1.54) is 11.0 Å². The number of rotatable bonds is 4. The topological polar surface area (TPSA) is 9.23 Å². The molecule has 0 saturated heterocycles. The standard InChI is InChI=1S/C12H17ClOS/c1-12(2,3)8-9-14-10-4-6-11(15-13)7-5-10/h4-7H,8-9H2,1-3H3. The largest absolute Gasteiger partial charge is 0.494 e. The van der Waals surface area contributed by atoms with Gasteiger partial charge in [-0.25, -0.2) is 0 Å². The lowest BCUT2D eigenvalue weighted by atomic mass is 9.93. The Morgan fingerprint density at radius 3 is 2.27 bits per heavy atom. The average molecular weight is 245 g/mol. The number of ether oxygens (including phenoxy) is 1. The zero-order valence-electron chi connectivity index (χ0n) is 9.42. The summed E-state index contributed by atoms with van der Waals surface area (Å²) < 4.78 is 5.63. The van der Waals surface area contributed by atoms with Crippen molar-refractivity contribution < 1.29 is 4.74 Å². The van der Waals surface area contributed by atoms with Crippen LogP contribution in [0.25, 0.3) is 0 Å². The maximum atomic E-state index is 5.63. The molecule has 15 heavy (non-hydrogen) atoms. The van der Waals surface area contributed by atoms with Gasteiger partial charge in [0.25, 0.3) is 0 Å². The van der Waals surface area contributed by atoms with Gasteiger partial charge in [-0.15, -0.1) is 0 Å². The summed E-state index contributed by atoms with van der Waals surface area (Å²) in [7, 11) is 6.84. The van der Waals surface area contributed by atoms with Gasteiger partial charge in [0.15, 0.2) is 0 Å². The Hall–Kier alpha value is -0.340. The lowest BCUT2D eigenvalue weighted by molar-refractivity contribution is 0.243. The molecule has 0 N–H and O–H groups in total. The molecule has 1 rings (SSSR count). The van der Waals surface area contributed by atoms with Gasteiger partial charge in [0.05, 0.1) is 6.61 Å². The average Bonchev–Trinajstić information content (AvgIpc) is 2.17. The summed E-state index contributed by atoms with van der Waals surface area (Å²) in [6, 6.07) is 7.83. The Morgan fingerprint density at radius 1 is 1.20 bits per heavy atom. The van der Waals surface area contributed by atoms with Crippen molar-refractivity contribution in [2.45, 2.75) is 32.1 Å². The van der Waals surface area contributed by atoms with E-state index < -0.39 is 0 Å². The third kappa shape index (κ3) is 5.33. The van der Waals surface area contributed by atoms with Crippen LogP contribution in [0.4, 0.5) is 0 Å². The van der Waals surface area contributed by atoms with Crippen molar-refractivity contribution in [1.29, 1.82) is 0 Å². The van der Waals surface area contributed by atoms with Crippen molar-refractivity contribution >= 4 is 21.7 Å². The third-order valence-corrected chi connectivity index (χ3v) is 3.02. The summed E-state index contributed by atoms with van der Waals surface area (Å²) in [5.41, 5.74) is 0.325. The summed E-state index contributed by atoms with van der Waals surface area (Å²) in [6.45, 7) is 7.40. The van der Waals surface area contributed by atoms with E-state index in [-0.39, 0.29) is 0 Å². The fraction of sp³-hybridized carbons (Fsp3) is 0.500. The van der Waals surface area contributed by atoms with E-state index in [4.69, 9.17) is 15.4 Å².